The van der Waals surface area contributed by atoms with E-state index in [4.69, 9.17) is 11.5 Å². The van der Waals surface area contributed by atoms with E-state index in [-0.39, 0.29) is 42.0 Å². The van der Waals surface area contributed by atoms with Gasteiger partial charge in [-0.3, -0.25) is 0 Å². The lowest BCUT2D eigenvalue weighted by Gasteiger charge is -2.09. The maximum atomic E-state index is 9.37. The van der Waals surface area contributed by atoms with Crippen LogP contribution < -0.4 is 11.5 Å². The molecule has 2 rings (SSSR count). The lowest BCUT2D eigenvalue weighted by molar-refractivity contribution is 0.475. The molecule has 0 saturated heterocycles. The van der Waals surface area contributed by atoms with Crippen LogP contribution in [-0.4, -0.2) is 10.2 Å². The van der Waals surface area contributed by atoms with E-state index in [1.807, 2.05) is 0 Å². The summed E-state index contributed by atoms with van der Waals surface area (Å²) in [5.74, 6) is 0.161. The van der Waals surface area contributed by atoms with Crippen molar-refractivity contribution >= 4 is 36.2 Å². The minimum atomic E-state index is -0.0278. The predicted octanol–water partition coefficient (Wildman–Crippen LogP) is 2.77. The van der Waals surface area contributed by atoms with Gasteiger partial charge in [0.2, 0.25) is 0 Å². The van der Waals surface area contributed by atoms with Gasteiger partial charge in [-0.1, -0.05) is 12.1 Å². The van der Waals surface area contributed by atoms with Crippen molar-refractivity contribution in [2.75, 3.05) is 11.5 Å². The summed E-state index contributed by atoms with van der Waals surface area (Å²) in [6.07, 6.45) is 0. The molecule has 0 aliphatic rings. The molecule has 0 saturated carbocycles. The Labute approximate surface area is 117 Å². The maximum Gasteiger partial charge on any atom is 0.140 e. The number of nitrogens with two attached hydrogens (primary N) is 2. The van der Waals surface area contributed by atoms with E-state index in [2.05, 4.69) is 0 Å². The van der Waals surface area contributed by atoms with Crippen molar-refractivity contribution in [2.45, 2.75) is 0 Å². The molecule has 0 radical (unpaired) electrons. The van der Waals surface area contributed by atoms with Crippen LogP contribution in [0.2, 0.25) is 0 Å². The Kier molecular flexibility index (Phi) is 5.62. The van der Waals surface area contributed by atoms with Crippen molar-refractivity contribution in [1.82, 2.24) is 0 Å². The summed E-state index contributed by atoms with van der Waals surface area (Å²) in [5, 5.41) is 18.5. The topological polar surface area (TPSA) is 92.5 Å². The molecular formula is C12H14Cl2N2O2. The van der Waals surface area contributed by atoms with Crippen LogP contribution in [0.15, 0.2) is 36.4 Å². The van der Waals surface area contributed by atoms with Gasteiger partial charge >= 0.3 is 0 Å². The monoisotopic (exact) mass is 288 g/mol. The highest BCUT2D eigenvalue weighted by atomic mass is 35.5. The first-order chi connectivity index (χ1) is 7.59. The minimum absolute atomic E-state index is 0. The molecule has 98 valence electrons. The van der Waals surface area contributed by atoms with Gasteiger partial charge in [0.15, 0.2) is 0 Å². The Morgan fingerprint density at radius 3 is 1.83 bits per heavy atom. The van der Waals surface area contributed by atoms with Crippen LogP contribution in [0.5, 0.6) is 11.5 Å². The number of phenols is 2. The highest BCUT2D eigenvalue weighted by molar-refractivity contribution is 5.87. The predicted molar refractivity (Wildman–Crippen MR) is 78.5 cm³/mol. The second kappa shape index (κ2) is 6.23. The molecule has 2 aromatic carbocycles. The molecule has 0 aliphatic carbocycles. The molecule has 0 unspecified atom stereocenters. The fourth-order valence-corrected chi connectivity index (χ4v) is 1.52. The molecule has 18 heavy (non-hydrogen) atoms. The van der Waals surface area contributed by atoms with Crippen LogP contribution >= 0.6 is 24.8 Å². The van der Waals surface area contributed by atoms with Crippen LogP contribution in [0.3, 0.4) is 0 Å². The first-order valence-corrected chi connectivity index (χ1v) is 4.76. The number of anilines is 2. The van der Waals surface area contributed by atoms with Gasteiger partial charge in [-0.05, 0) is 29.8 Å². The normalized spacial score (nSPS) is 9.11. The molecule has 0 heterocycles. The number of phenolic OH excluding ortho intramolecular Hbond substituents is 2. The summed E-state index contributed by atoms with van der Waals surface area (Å²) in [7, 11) is 0. The number of aromatic hydroxyl groups is 2. The Balaban J connectivity index is 0.00000144. The smallest absolute Gasteiger partial charge is 0.140 e. The molecule has 0 aliphatic heterocycles. The Bertz CT molecular complexity index is 530. The second-order valence-electron chi connectivity index (χ2n) is 3.51. The highest BCUT2D eigenvalue weighted by Gasteiger charge is 2.08. The largest absolute Gasteiger partial charge is 0.508 e. The van der Waals surface area contributed by atoms with E-state index >= 15 is 0 Å². The summed E-state index contributed by atoms with van der Waals surface area (Å²) in [6.45, 7) is 0. The zero-order valence-corrected chi connectivity index (χ0v) is 11.0. The molecular weight excluding hydrogens is 275 g/mol. The quantitative estimate of drug-likeness (QED) is 0.480. The van der Waals surface area contributed by atoms with Crippen LogP contribution in [-0.2, 0) is 0 Å². The fraction of sp³-hybridized carbons (Fsp3) is 0. The molecule has 6 heteroatoms. The number of nitrogen functional groups attached to an aromatic ring is 2. The lowest BCUT2D eigenvalue weighted by Crippen LogP contribution is -1.97. The number of rotatable bonds is 1. The first kappa shape index (κ1) is 16.2. The third-order valence-electron chi connectivity index (χ3n) is 2.44. The molecule has 0 spiro atoms. The molecule has 0 bridgehead atoms. The van der Waals surface area contributed by atoms with Crippen molar-refractivity contribution < 1.29 is 10.2 Å². The number of hydrogen-bond donors (Lipinski definition) is 4. The van der Waals surface area contributed by atoms with Crippen molar-refractivity contribution in [3.8, 4) is 22.6 Å². The van der Waals surface area contributed by atoms with Gasteiger partial charge < -0.3 is 21.7 Å². The SMILES string of the molecule is Cl.Cl.Nc1c(O)ccc(-c2ccc(O)cc2)c1N. The van der Waals surface area contributed by atoms with Crippen LogP contribution in [0, 0.1) is 0 Å². The summed E-state index contributed by atoms with van der Waals surface area (Å²) in [6, 6.07) is 9.78. The lowest BCUT2D eigenvalue weighted by atomic mass is 10.0. The third-order valence-corrected chi connectivity index (χ3v) is 2.44. The van der Waals surface area contributed by atoms with Gasteiger partial charge in [0.1, 0.15) is 11.5 Å². The zero-order valence-electron chi connectivity index (χ0n) is 9.33. The number of hydrogen-bond acceptors (Lipinski definition) is 4. The van der Waals surface area contributed by atoms with E-state index in [9.17, 15) is 10.2 Å². The van der Waals surface area contributed by atoms with Gasteiger partial charge in [-0.15, -0.1) is 24.8 Å². The standard InChI is InChI=1S/C12H12N2O2.2ClH/c13-11-9(5-6-10(16)12(11)14)7-1-3-8(15)4-2-7;;/h1-6,15-16H,13-14H2;2*1H. The average molecular weight is 289 g/mol. The highest BCUT2D eigenvalue weighted by Crippen LogP contribution is 2.36. The minimum Gasteiger partial charge on any atom is -0.508 e. The van der Waals surface area contributed by atoms with Crippen molar-refractivity contribution in [3.05, 3.63) is 36.4 Å². The summed E-state index contributed by atoms with van der Waals surface area (Å²) in [5.41, 5.74) is 13.5. The van der Waals surface area contributed by atoms with Crippen molar-refractivity contribution in [3.63, 3.8) is 0 Å². The van der Waals surface area contributed by atoms with Gasteiger partial charge in [0.05, 0.1) is 11.4 Å². The maximum absolute atomic E-state index is 9.37. The van der Waals surface area contributed by atoms with Crippen LogP contribution in [0.4, 0.5) is 11.4 Å². The Hall–Kier alpha value is -1.78. The van der Waals surface area contributed by atoms with Gasteiger partial charge in [0, 0.05) is 5.56 Å². The molecule has 0 aromatic heterocycles. The van der Waals surface area contributed by atoms with E-state index < -0.39 is 0 Å². The molecule has 2 aromatic rings. The summed E-state index contributed by atoms with van der Waals surface area (Å²) < 4.78 is 0. The fourth-order valence-electron chi connectivity index (χ4n) is 1.52. The second-order valence-corrected chi connectivity index (χ2v) is 3.51. The van der Waals surface area contributed by atoms with Gasteiger partial charge in [-0.2, -0.15) is 0 Å². The number of halogens is 2. The van der Waals surface area contributed by atoms with E-state index in [1.54, 1.807) is 30.3 Å². The van der Waals surface area contributed by atoms with Crippen LogP contribution in [0.1, 0.15) is 0 Å². The molecule has 6 N–H and O–H groups in total. The number of benzene rings is 2. The van der Waals surface area contributed by atoms with E-state index in [0.717, 1.165) is 11.1 Å². The van der Waals surface area contributed by atoms with Crippen molar-refractivity contribution in [1.29, 1.82) is 0 Å². The van der Waals surface area contributed by atoms with Gasteiger partial charge in [-0.25, -0.2) is 0 Å². The third kappa shape index (κ3) is 2.91. The molecule has 0 amide bonds. The van der Waals surface area contributed by atoms with E-state index in [0.29, 0.717) is 5.69 Å². The Morgan fingerprint density at radius 2 is 1.28 bits per heavy atom. The van der Waals surface area contributed by atoms with Crippen LogP contribution in [0.25, 0.3) is 11.1 Å². The summed E-state index contributed by atoms with van der Waals surface area (Å²) >= 11 is 0. The molecule has 0 fully saturated rings. The first-order valence-electron chi connectivity index (χ1n) is 4.76. The van der Waals surface area contributed by atoms with Crippen molar-refractivity contribution in [2.24, 2.45) is 0 Å². The molecule has 4 nitrogen and oxygen atoms in total. The average Bonchev–Trinajstić information content (AvgIpc) is 2.28. The molecule has 0 atom stereocenters. The van der Waals surface area contributed by atoms with E-state index in [1.165, 1.54) is 6.07 Å². The van der Waals surface area contributed by atoms with Gasteiger partial charge in [0.25, 0.3) is 0 Å². The Morgan fingerprint density at radius 1 is 0.722 bits per heavy atom. The summed E-state index contributed by atoms with van der Waals surface area (Å²) in [4.78, 5) is 0. The zero-order chi connectivity index (χ0) is 11.7.